The van der Waals surface area contributed by atoms with Crippen molar-refractivity contribution in [2.45, 2.75) is 39.5 Å². The predicted octanol–water partition coefficient (Wildman–Crippen LogP) is 3.08. The maximum Gasteiger partial charge on any atom is 0.159 e. The highest BCUT2D eigenvalue weighted by atomic mass is 16.1. The fourth-order valence-electron chi connectivity index (χ4n) is 3.31. The second-order valence-electron chi connectivity index (χ2n) is 5.73. The van der Waals surface area contributed by atoms with Crippen molar-refractivity contribution in [1.82, 2.24) is 0 Å². The third-order valence-electron chi connectivity index (χ3n) is 4.73. The van der Waals surface area contributed by atoms with Crippen molar-refractivity contribution >= 4 is 12.1 Å². The van der Waals surface area contributed by atoms with E-state index in [1.807, 2.05) is 0 Å². The molecular formula is C15H20O2. The van der Waals surface area contributed by atoms with Crippen LogP contribution in [-0.4, -0.2) is 12.1 Å². The molecule has 2 rings (SSSR count). The van der Waals surface area contributed by atoms with Gasteiger partial charge >= 0.3 is 0 Å². The van der Waals surface area contributed by atoms with Crippen LogP contribution in [0.15, 0.2) is 23.8 Å². The number of aldehydes is 1. The Bertz CT molecular complexity index is 405. The van der Waals surface area contributed by atoms with Crippen LogP contribution in [0.3, 0.4) is 0 Å². The molecule has 0 N–H and O–H groups in total. The van der Waals surface area contributed by atoms with Crippen LogP contribution in [0.1, 0.15) is 39.5 Å². The fourth-order valence-corrected chi connectivity index (χ4v) is 3.31. The normalized spacial score (nSPS) is 37.1. The van der Waals surface area contributed by atoms with Gasteiger partial charge in [-0.1, -0.05) is 26.5 Å². The Labute approximate surface area is 103 Å². The van der Waals surface area contributed by atoms with E-state index >= 15 is 0 Å². The number of rotatable bonds is 2. The van der Waals surface area contributed by atoms with Crippen LogP contribution in [0.2, 0.25) is 0 Å². The molecule has 17 heavy (non-hydrogen) atoms. The van der Waals surface area contributed by atoms with E-state index in [9.17, 15) is 9.59 Å². The van der Waals surface area contributed by atoms with Crippen LogP contribution in [0, 0.1) is 17.3 Å². The maximum absolute atomic E-state index is 12.2. The van der Waals surface area contributed by atoms with E-state index in [0.717, 1.165) is 31.1 Å². The molecule has 2 heteroatoms. The molecule has 0 aliphatic heterocycles. The number of hydrogen-bond acceptors (Lipinski definition) is 2. The number of allylic oxidation sites excluding steroid dienone is 3. The number of hydrogen-bond donors (Lipinski definition) is 0. The van der Waals surface area contributed by atoms with Crippen molar-refractivity contribution < 1.29 is 9.59 Å². The molecule has 2 aliphatic carbocycles. The van der Waals surface area contributed by atoms with Crippen molar-refractivity contribution in [3.8, 4) is 0 Å². The summed E-state index contributed by atoms with van der Waals surface area (Å²) in [5.41, 5.74) is 1.53. The standard InChI is InChI=1S/C15H20O2/c1-10(9-16)12-7-14(17)13-6-4-5-11(2)15(13,3)8-12/h6,9,11-12H,1,4-5,7-8H2,2-3H3. The highest BCUT2D eigenvalue weighted by molar-refractivity contribution is 5.98. The first kappa shape index (κ1) is 12.3. The number of ketones is 1. The van der Waals surface area contributed by atoms with E-state index in [4.69, 9.17) is 0 Å². The van der Waals surface area contributed by atoms with Crippen LogP contribution in [0.5, 0.6) is 0 Å². The summed E-state index contributed by atoms with van der Waals surface area (Å²) in [4.78, 5) is 23.0. The van der Waals surface area contributed by atoms with Crippen molar-refractivity contribution in [1.29, 1.82) is 0 Å². The summed E-state index contributed by atoms with van der Waals surface area (Å²) < 4.78 is 0. The summed E-state index contributed by atoms with van der Waals surface area (Å²) in [6, 6.07) is 0. The lowest BCUT2D eigenvalue weighted by Crippen LogP contribution is -2.41. The molecule has 92 valence electrons. The molecule has 0 spiro atoms. The minimum atomic E-state index is -0.0514. The van der Waals surface area contributed by atoms with Gasteiger partial charge in [-0.15, -0.1) is 0 Å². The molecule has 0 aromatic heterocycles. The molecule has 3 unspecified atom stereocenters. The second kappa shape index (κ2) is 4.25. The zero-order valence-electron chi connectivity index (χ0n) is 10.7. The summed E-state index contributed by atoms with van der Waals surface area (Å²) in [6.45, 7) is 8.17. The Hall–Kier alpha value is -1.18. The van der Waals surface area contributed by atoms with Crippen LogP contribution >= 0.6 is 0 Å². The zero-order chi connectivity index (χ0) is 12.6. The summed E-state index contributed by atoms with van der Waals surface area (Å²) in [6.07, 6.45) is 6.42. The molecule has 0 saturated heterocycles. The first-order chi connectivity index (χ1) is 7.99. The highest BCUT2D eigenvalue weighted by Crippen LogP contribution is 2.51. The molecule has 2 nitrogen and oxygen atoms in total. The van der Waals surface area contributed by atoms with Crippen LogP contribution in [0.25, 0.3) is 0 Å². The third-order valence-corrected chi connectivity index (χ3v) is 4.73. The number of fused-ring (bicyclic) bond motifs is 1. The lowest BCUT2D eigenvalue weighted by atomic mass is 9.57. The second-order valence-corrected chi connectivity index (χ2v) is 5.73. The van der Waals surface area contributed by atoms with Crippen molar-refractivity contribution in [3.63, 3.8) is 0 Å². The minimum absolute atomic E-state index is 0.0442. The van der Waals surface area contributed by atoms with Gasteiger partial charge in [0.25, 0.3) is 0 Å². The van der Waals surface area contributed by atoms with Gasteiger partial charge in [0.15, 0.2) is 5.78 Å². The Morgan fingerprint density at radius 1 is 1.59 bits per heavy atom. The Kier molecular flexibility index (Phi) is 3.07. The summed E-state index contributed by atoms with van der Waals surface area (Å²) in [5.74, 6) is 0.773. The van der Waals surface area contributed by atoms with Crippen LogP contribution in [0.4, 0.5) is 0 Å². The average molecular weight is 232 g/mol. The Morgan fingerprint density at radius 2 is 2.29 bits per heavy atom. The van der Waals surface area contributed by atoms with E-state index in [1.54, 1.807) is 0 Å². The van der Waals surface area contributed by atoms with E-state index < -0.39 is 0 Å². The highest BCUT2D eigenvalue weighted by Gasteiger charge is 2.45. The number of carbonyl (C=O) groups excluding carboxylic acids is 2. The molecule has 0 bridgehead atoms. The van der Waals surface area contributed by atoms with E-state index in [2.05, 4.69) is 26.5 Å². The molecule has 0 aromatic carbocycles. The first-order valence-electron chi connectivity index (χ1n) is 6.37. The van der Waals surface area contributed by atoms with Gasteiger partial charge in [-0.3, -0.25) is 9.59 Å². The van der Waals surface area contributed by atoms with Gasteiger partial charge in [0.2, 0.25) is 0 Å². The van der Waals surface area contributed by atoms with Crippen molar-refractivity contribution in [3.05, 3.63) is 23.8 Å². The summed E-state index contributed by atoms with van der Waals surface area (Å²) >= 11 is 0. The number of carbonyl (C=O) groups is 2. The molecule has 3 atom stereocenters. The van der Waals surface area contributed by atoms with Crippen LogP contribution < -0.4 is 0 Å². The van der Waals surface area contributed by atoms with Gasteiger partial charge in [-0.2, -0.15) is 0 Å². The summed E-state index contributed by atoms with van der Waals surface area (Å²) in [5, 5.41) is 0. The lowest BCUT2D eigenvalue weighted by Gasteiger charge is -2.46. The molecule has 0 heterocycles. The molecule has 1 fully saturated rings. The van der Waals surface area contributed by atoms with E-state index in [1.165, 1.54) is 0 Å². The predicted molar refractivity (Wildman–Crippen MR) is 67.5 cm³/mol. The molecule has 0 amide bonds. The fraction of sp³-hybridized carbons (Fsp3) is 0.600. The summed E-state index contributed by atoms with van der Waals surface area (Å²) in [7, 11) is 0. The van der Waals surface area contributed by atoms with Crippen LogP contribution in [-0.2, 0) is 9.59 Å². The largest absolute Gasteiger partial charge is 0.298 e. The molecule has 1 saturated carbocycles. The minimum Gasteiger partial charge on any atom is -0.298 e. The topological polar surface area (TPSA) is 34.1 Å². The smallest absolute Gasteiger partial charge is 0.159 e. The lowest BCUT2D eigenvalue weighted by molar-refractivity contribution is -0.120. The zero-order valence-corrected chi connectivity index (χ0v) is 10.7. The Morgan fingerprint density at radius 3 is 2.94 bits per heavy atom. The van der Waals surface area contributed by atoms with Gasteiger partial charge in [-0.25, -0.2) is 0 Å². The average Bonchev–Trinajstić information content (AvgIpc) is 2.30. The molecule has 0 aromatic rings. The number of Topliss-reactive ketones (excluding diaryl/α,β-unsaturated/α-hetero) is 1. The monoisotopic (exact) mass is 232 g/mol. The SMILES string of the molecule is C=C(C=O)C1CC(=O)C2=CCCC(C)C2(C)C1. The van der Waals surface area contributed by atoms with Gasteiger partial charge in [0, 0.05) is 6.42 Å². The quantitative estimate of drug-likeness (QED) is 0.541. The van der Waals surface area contributed by atoms with Gasteiger partial charge in [0.05, 0.1) is 0 Å². The maximum atomic E-state index is 12.2. The van der Waals surface area contributed by atoms with Crippen molar-refractivity contribution in [2.24, 2.45) is 17.3 Å². The van der Waals surface area contributed by atoms with Crippen molar-refractivity contribution in [2.75, 3.05) is 0 Å². The Balaban J connectivity index is 2.34. The van der Waals surface area contributed by atoms with E-state index in [0.29, 0.717) is 17.9 Å². The van der Waals surface area contributed by atoms with Gasteiger partial charge in [0.1, 0.15) is 6.29 Å². The molecular weight excluding hydrogens is 212 g/mol. The van der Waals surface area contributed by atoms with Gasteiger partial charge in [-0.05, 0) is 47.7 Å². The molecule has 0 radical (unpaired) electrons. The molecule has 2 aliphatic rings. The van der Waals surface area contributed by atoms with Gasteiger partial charge < -0.3 is 0 Å². The first-order valence-corrected chi connectivity index (χ1v) is 6.37. The third kappa shape index (κ3) is 1.90. The van der Waals surface area contributed by atoms with E-state index in [-0.39, 0.29) is 17.1 Å².